The summed E-state index contributed by atoms with van der Waals surface area (Å²) in [5.41, 5.74) is 2.60. The summed E-state index contributed by atoms with van der Waals surface area (Å²) in [6.45, 7) is 4.73. The molecular formula is C35H41ClFN11O4. The van der Waals surface area contributed by atoms with Gasteiger partial charge in [0, 0.05) is 64.0 Å². The fraction of sp³-hybridized carbons (Fsp3) is 0.429. The number of hydrogen-bond donors (Lipinski definition) is 3. The summed E-state index contributed by atoms with van der Waals surface area (Å²) in [6, 6.07) is 10.2. The number of urea groups is 1. The molecule has 0 unspecified atom stereocenters. The fourth-order valence-electron chi connectivity index (χ4n) is 6.94. The van der Waals surface area contributed by atoms with Crippen LogP contribution in [0.4, 0.5) is 38.1 Å². The van der Waals surface area contributed by atoms with Gasteiger partial charge in [0.2, 0.25) is 11.9 Å². The Hall–Kier alpha value is -5.22. The van der Waals surface area contributed by atoms with Crippen molar-refractivity contribution in [3.8, 4) is 0 Å². The van der Waals surface area contributed by atoms with E-state index in [0.29, 0.717) is 54.7 Å². The number of alkyl halides is 1. The number of imide groups is 1. The number of carbonyl (C=O) groups is 2. The highest BCUT2D eigenvalue weighted by atomic mass is 35.5. The maximum absolute atomic E-state index is 16.0. The Morgan fingerprint density at radius 1 is 1.10 bits per heavy atom. The first kappa shape index (κ1) is 35.2. The number of aliphatic hydroxyl groups is 1. The lowest BCUT2D eigenvalue weighted by Gasteiger charge is -2.40. The largest absolute Gasteiger partial charge is 0.390 e. The highest BCUT2D eigenvalue weighted by Gasteiger charge is 2.34. The van der Waals surface area contributed by atoms with E-state index in [1.807, 2.05) is 41.3 Å². The zero-order valence-corrected chi connectivity index (χ0v) is 30.4. The second-order valence-corrected chi connectivity index (χ2v) is 14.5. The Morgan fingerprint density at radius 3 is 2.62 bits per heavy atom. The SMILES string of the molecule is CN(c1ncc(Cl)c(Nc2ccc3c(c2)n(CCC(C)(C)O)c(=O)n3C)n1)[C@H]1CCN(c2ccc3c(N4CCC(=O)NC4=O)nn(C)c3c2)C[C@H]1F. The molecule has 3 N–H and O–H groups in total. The van der Waals surface area contributed by atoms with Gasteiger partial charge < -0.3 is 20.2 Å². The van der Waals surface area contributed by atoms with E-state index in [9.17, 15) is 19.5 Å². The van der Waals surface area contributed by atoms with Crippen molar-refractivity contribution < 1.29 is 19.1 Å². The van der Waals surface area contributed by atoms with E-state index < -0.39 is 23.8 Å². The number of amides is 3. The van der Waals surface area contributed by atoms with Crippen LogP contribution in [0.1, 0.15) is 33.1 Å². The molecule has 0 spiro atoms. The first-order chi connectivity index (χ1) is 24.7. The van der Waals surface area contributed by atoms with E-state index in [-0.39, 0.29) is 36.1 Å². The molecule has 0 aliphatic carbocycles. The molecule has 0 radical (unpaired) electrons. The van der Waals surface area contributed by atoms with Crippen molar-refractivity contribution in [2.24, 2.45) is 14.1 Å². The number of carbonyl (C=O) groups excluding carboxylic acids is 2. The summed E-state index contributed by atoms with van der Waals surface area (Å²) in [5, 5.41) is 21.4. The number of aryl methyl sites for hydroxylation is 3. The van der Waals surface area contributed by atoms with E-state index in [2.05, 4.69) is 25.7 Å². The molecule has 3 aromatic heterocycles. The van der Waals surface area contributed by atoms with Crippen LogP contribution in [-0.2, 0) is 25.4 Å². The monoisotopic (exact) mass is 733 g/mol. The summed E-state index contributed by atoms with van der Waals surface area (Å²) >= 11 is 6.53. The highest BCUT2D eigenvalue weighted by molar-refractivity contribution is 6.33. The second-order valence-electron chi connectivity index (χ2n) is 14.1. The maximum Gasteiger partial charge on any atom is 0.329 e. The lowest BCUT2D eigenvalue weighted by molar-refractivity contribution is -0.120. The van der Waals surface area contributed by atoms with E-state index in [4.69, 9.17) is 11.6 Å². The molecule has 7 rings (SSSR count). The molecule has 5 aromatic rings. The van der Waals surface area contributed by atoms with Crippen molar-refractivity contribution in [2.45, 2.75) is 57.5 Å². The summed E-state index contributed by atoms with van der Waals surface area (Å²) in [6.07, 6.45) is 1.34. The van der Waals surface area contributed by atoms with Crippen LogP contribution in [-0.4, -0.2) is 90.4 Å². The molecule has 2 aromatic carbocycles. The number of aromatic nitrogens is 6. The average molecular weight is 734 g/mol. The number of halogens is 2. The van der Waals surface area contributed by atoms with Gasteiger partial charge in [-0.25, -0.2) is 19.0 Å². The average Bonchev–Trinajstić information content (AvgIpc) is 3.55. The van der Waals surface area contributed by atoms with Crippen LogP contribution < -0.4 is 31.0 Å². The minimum Gasteiger partial charge on any atom is -0.390 e. The van der Waals surface area contributed by atoms with Crippen LogP contribution in [0.25, 0.3) is 21.9 Å². The predicted molar refractivity (Wildman–Crippen MR) is 199 cm³/mol. The third-order valence-electron chi connectivity index (χ3n) is 9.90. The number of rotatable bonds is 9. The Morgan fingerprint density at radius 2 is 1.88 bits per heavy atom. The van der Waals surface area contributed by atoms with Crippen LogP contribution in [0.2, 0.25) is 5.02 Å². The minimum atomic E-state index is -1.23. The topological polar surface area (TPSA) is 159 Å². The molecule has 17 heteroatoms. The third kappa shape index (κ3) is 6.63. The number of imidazole rings is 1. The molecule has 5 heterocycles. The number of fused-ring (bicyclic) bond motifs is 2. The van der Waals surface area contributed by atoms with Gasteiger partial charge in [0.25, 0.3) is 0 Å². The van der Waals surface area contributed by atoms with Crippen LogP contribution in [0.3, 0.4) is 0 Å². The molecule has 0 saturated carbocycles. The molecule has 52 heavy (non-hydrogen) atoms. The van der Waals surface area contributed by atoms with Gasteiger partial charge in [0.15, 0.2) is 11.6 Å². The van der Waals surface area contributed by atoms with Crippen LogP contribution >= 0.6 is 11.6 Å². The van der Waals surface area contributed by atoms with E-state index in [1.165, 1.54) is 11.1 Å². The van der Waals surface area contributed by atoms with Gasteiger partial charge in [0.05, 0.1) is 40.9 Å². The van der Waals surface area contributed by atoms with Gasteiger partial charge in [-0.15, -0.1) is 0 Å². The number of hydrogen-bond acceptors (Lipinski definition) is 10. The number of nitrogens with zero attached hydrogens (tertiary/aromatic N) is 9. The lowest BCUT2D eigenvalue weighted by atomic mass is 10.0. The van der Waals surface area contributed by atoms with Crippen LogP contribution in [0.15, 0.2) is 47.4 Å². The predicted octanol–water partition coefficient (Wildman–Crippen LogP) is 4.07. The van der Waals surface area contributed by atoms with Crippen LogP contribution in [0.5, 0.6) is 0 Å². The smallest absolute Gasteiger partial charge is 0.329 e. The number of piperidine rings is 1. The Labute approximate surface area is 303 Å². The van der Waals surface area contributed by atoms with Crippen molar-refractivity contribution in [2.75, 3.05) is 46.7 Å². The highest BCUT2D eigenvalue weighted by Crippen LogP contribution is 2.33. The van der Waals surface area contributed by atoms with Crippen molar-refractivity contribution in [3.63, 3.8) is 0 Å². The van der Waals surface area contributed by atoms with E-state index >= 15 is 4.39 Å². The van der Waals surface area contributed by atoms with Crippen molar-refractivity contribution >= 4 is 74.4 Å². The molecule has 2 aliphatic rings. The third-order valence-corrected chi connectivity index (χ3v) is 10.2. The van der Waals surface area contributed by atoms with Gasteiger partial charge in [-0.2, -0.15) is 10.1 Å². The van der Waals surface area contributed by atoms with Gasteiger partial charge in [-0.05, 0) is 63.1 Å². The number of benzene rings is 2. The van der Waals surface area contributed by atoms with E-state index in [0.717, 1.165) is 22.1 Å². The molecular weight excluding hydrogens is 693 g/mol. The quantitative estimate of drug-likeness (QED) is 0.202. The number of nitrogens with one attached hydrogen (secondary N) is 2. The molecule has 274 valence electrons. The number of anilines is 5. The van der Waals surface area contributed by atoms with Crippen molar-refractivity contribution in [1.29, 1.82) is 0 Å². The van der Waals surface area contributed by atoms with Crippen molar-refractivity contribution in [3.05, 3.63) is 58.1 Å². The molecule has 15 nitrogen and oxygen atoms in total. The maximum atomic E-state index is 16.0. The molecule has 3 amide bonds. The molecule has 2 aliphatic heterocycles. The Kier molecular flexibility index (Phi) is 9.07. The van der Waals surface area contributed by atoms with Gasteiger partial charge in [-0.3, -0.25) is 28.8 Å². The normalized spacial score (nSPS) is 18.4. The lowest BCUT2D eigenvalue weighted by Crippen LogP contribution is -2.52. The fourth-order valence-corrected chi connectivity index (χ4v) is 7.08. The molecule has 0 bridgehead atoms. The first-order valence-electron chi connectivity index (χ1n) is 17.1. The summed E-state index contributed by atoms with van der Waals surface area (Å²) < 4.78 is 20.9. The summed E-state index contributed by atoms with van der Waals surface area (Å²) in [7, 11) is 5.27. The zero-order valence-electron chi connectivity index (χ0n) is 29.6. The zero-order chi connectivity index (χ0) is 37.1. The molecule has 2 fully saturated rings. The minimum absolute atomic E-state index is 0.146. The summed E-state index contributed by atoms with van der Waals surface area (Å²) in [5.74, 6) is 0.804. The van der Waals surface area contributed by atoms with E-state index in [1.54, 1.807) is 53.7 Å². The van der Waals surface area contributed by atoms with Gasteiger partial charge >= 0.3 is 11.7 Å². The van der Waals surface area contributed by atoms with Crippen molar-refractivity contribution in [1.82, 2.24) is 34.2 Å². The Bertz CT molecular complexity index is 2260. The standard InChI is InChI=1S/C35H41ClFN11O4/c1-35(2,52)12-15-47-28-16-20(6-9-26(28)44(4)34(47)51)39-30-23(36)18-38-32(41-30)43(3)25-10-13-46(19-24(25)37)21-7-8-22-27(17-21)45(5)42-31(22)48-14-11-29(49)40-33(48)50/h6-9,16-18,24-25,52H,10-15,19H2,1-5H3,(H,38,39,41)(H,40,49,50)/t24-,25+/m1/s1. The molecule has 2 atom stereocenters. The first-order valence-corrected chi connectivity index (χ1v) is 17.5. The van der Waals surface area contributed by atoms with Gasteiger partial charge in [-0.1, -0.05) is 11.6 Å². The van der Waals surface area contributed by atoms with Crippen LogP contribution in [0, 0.1) is 0 Å². The van der Waals surface area contributed by atoms with Gasteiger partial charge in [0.1, 0.15) is 11.2 Å². The molecule has 2 saturated heterocycles. The summed E-state index contributed by atoms with van der Waals surface area (Å²) in [4.78, 5) is 51.4. The second kappa shape index (κ2) is 13.4. The Balaban J connectivity index is 1.06.